The first-order chi connectivity index (χ1) is 16.8. The van der Waals surface area contributed by atoms with E-state index in [4.69, 9.17) is 15.8 Å². The smallest absolute Gasteiger partial charge is 0.324 e. The zero-order valence-electron chi connectivity index (χ0n) is 18.7. The number of nitrogens with two attached hydrogens (primary N) is 1. The standard InChI is InChI=1S/C25H24F2N4O4/c26-21-12-20(13-22(27)15-21)19-2-1-3-23(14-19)30(25(33)29-8-10-35-11-9-29)16-17-4-6-18(7-5-17)24(32)31(28)34/h1-7,12-15,34H,8-11,16,28H2. The molecule has 1 heterocycles. The van der Waals surface area contributed by atoms with Gasteiger partial charge in [-0.05, 0) is 53.1 Å². The van der Waals surface area contributed by atoms with Gasteiger partial charge in [-0.1, -0.05) is 24.3 Å². The third-order valence-corrected chi connectivity index (χ3v) is 5.62. The Hall–Kier alpha value is -3.86. The molecule has 0 aromatic heterocycles. The number of hydrazine groups is 1. The highest BCUT2D eigenvalue weighted by Gasteiger charge is 2.25. The van der Waals surface area contributed by atoms with E-state index >= 15 is 0 Å². The van der Waals surface area contributed by atoms with Crippen LogP contribution in [0.5, 0.6) is 0 Å². The van der Waals surface area contributed by atoms with Crippen molar-refractivity contribution in [1.29, 1.82) is 0 Å². The Labute approximate surface area is 200 Å². The van der Waals surface area contributed by atoms with Crippen LogP contribution >= 0.6 is 0 Å². The van der Waals surface area contributed by atoms with Crippen LogP contribution in [-0.2, 0) is 11.3 Å². The van der Waals surface area contributed by atoms with Gasteiger partial charge in [-0.3, -0.25) is 14.9 Å². The third kappa shape index (κ3) is 5.80. The third-order valence-electron chi connectivity index (χ3n) is 5.62. The Morgan fingerprint density at radius 3 is 2.23 bits per heavy atom. The van der Waals surface area contributed by atoms with Gasteiger partial charge in [0.15, 0.2) is 0 Å². The molecular formula is C25H24F2N4O4. The number of carbonyl (C=O) groups excluding carboxylic acids is 2. The van der Waals surface area contributed by atoms with Gasteiger partial charge in [0.05, 0.1) is 19.8 Å². The highest BCUT2D eigenvalue weighted by molar-refractivity contribution is 5.94. The predicted octanol–water partition coefficient (Wildman–Crippen LogP) is 3.80. The molecule has 10 heteroatoms. The largest absolute Gasteiger partial charge is 0.378 e. The maximum absolute atomic E-state index is 13.8. The first-order valence-corrected chi connectivity index (χ1v) is 10.9. The summed E-state index contributed by atoms with van der Waals surface area (Å²) in [5.74, 6) is 2.93. The molecule has 8 nitrogen and oxygen atoms in total. The quantitative estimate of drug-likeness (QED) is 0.250. The molecule has 0 spiro atoms. The lowest BCUT2D eigenvalue weighted by Gasteiger charge is -2.33. The first-order valence-electron chi connectivity index (χ1n) is 10.9. The van der Waals surface area contributed by atoms with E-state index in [9.17, 15) is 18.4 Å². The van der Waals surface area contributed by atoms with Gasteiger partial charge in [-0.25, -0.2) is 19.4 Å². The maximum atomic E-state index is 13.8. The van der Waals surface area contributed by atoms with Crippen molar-refractivity contribution >= 4 is 17.6 Å². The summed E-state index contributed by atoms with van der Waals surface area (Å²) in [6.07, 6.45) is 0. The van der Waals surface area contributed by atoms with Crippen LogP contribution in [0.15, 0.2) is 66.7 Å². The van der Waals surface area contributed by atoms with Gasteiger partial charge in [-0.15, -0.1) is 5.17 Å². The van der Waals surface area contributed by atoms with E-state index in [-0.39, 0.29) is 23.3 Å². The van der Waals surface area contributed by atoms with Gasteiger partial charge in [0.2, 0.25) is 0 Å². The molecule has 0 radical (unpaired) electrons. The van der Waals surface area contributed by atoms with E-state index in [1.165, 1.54) is 24.3 Å². The van der Waals surface area contributed by atoms with Gasteiger partial charge in [0.1, 0.15) is 11.6 Å². The minimum absolute atomic E-state index is 0.00398. The second-order valence-electron chi connectivity index (χ2n) is 8.02. The van der Waals surface area contributed by atoms with Gasteiger partial charge < -0.3 is 9.64 Å². The zero-order valence-corrected chi connectivity index (χ0v) is 18.7. The normalized spacial score (nSPS) is 13.4. The molecule has 0 atom stereocenters. The number of urea groups is 1. The van der Waals surface area contributed by atoms with E-state index in [0.29, 0.717) is 48.7 Å². The summed E-state index contributed by atoms with van der Waals surface area (Å²) in [4.78, 5) is 28.6. The van der Waals surface area contributed by atoms with Crippen LogP contribution in [0.4, 0.5) is 19.3 Å². The Bertz CT molecular complexity index is 1190. The fourth-order valence-electron chi connectivity index (χ4n) is 3.84. The molecule has 0 saturated carbocycles. The summed E-state index contributed by atoms with van der Waals surface area (Å²) in [6.45, 7) is 1.88. The molecule has 35 heavy (non-hydrogen) atoms. The number of hydrogen-bond acceptors (Lipinski definition) is 5. The van der Waals surface area contributed by atoms with Gasteiger partial charge in [0.25, 0.3) is 5.91 Å². The highest BCUT2D eigenvalue weighted by Crippen LogP contribution is 2.28. The van der Waals surface area contributed by atoms with Gasteiger partial charge >= 0.3 is 6.03 Å². The number of nitrogens with zero attached hydrogens (tertiary/aromatic N) is 3. The molecule has 1 aliphatic rings. The molecule has 1 aliphatic heterocycles. The molecule has 1 fully saturated rings. The van der Waals surface area contributed by atoms with Crippen LogP contribution in [0.25, 0.3) is 11.1 Å². The zero-order chi connectivity index (χ0) is 24.9. The highest BCUT2D eigenvalue weighted by atomic mass is 19.1. The Balaban J connectivity index is 1.67. The second kappa shape index (κ2) is 10.6. The predicted molar refractivity (Wildman–Crippen MR) is 124 cm³/mol. The monoisotopic (exact) mass is 482 g/mol. The van der Waals surface area contributed by atoms with Crippen molar-refractivity contribution in [3.63, 3.8) is 0 Å². The van der Waals surface area contributed by atoms with Crippen LogP contribution in [0, 0.1) is 11.6 Å². The van der Waals surface area contributed by atoms with Crippen molar-refractivity contribution in [2.24, 2.45) is 5.84 Å². The van der Waals surface area contributed by atoms with E-state index < -0.39 is 17.5 Å². The molecule has 1 saturated heterocycles. The number of halogens is 2. The fraction of sp³-hybridized carbons (Fsp3) is 0.200. The van der Waals surface area contributed by atoms with E-state index in [1.807, 2.05) is 0 Å². The SMILES string of the molecule is NN(O)C(=O)c1ccc(CN(C(=O)N2CCOCC2)c2cccc(-c3cc(F)cc(F)c3)c2)cc1. The maximum Gasteiger partial charge on any atom is 0.324 e. The van der Waals surface area contributed by atoms with E-state index in [1.54, 1.807) is 46.2 Å². The first kappa shape index (κ1) is 24.3. The molecule has 3 aromatic rings. The number of hydrogen-bond donors (Lipinski definition) is 2. The number of carbonyl (C=O) groups is 2. The number of anilines is 1. The summed E-state index contributed by atoms with van der Waals surface area (Å²) in [5.41, 5.74) is 2.33. The van der Waals surface area contributed by atoms with Crippen molar-refractivity contribution in [2.45, 2.75) is 6.54 Å². The number of morpholine rings is 1. The average Bonchev–Trinajstić information content (AvgIpc) is 2.87. The van der Waals surface area contributed by atoms with E-state index in [2.05, 4.69) is 0 Å². The summed E-state index contributed by atoms with van der Waals surface area (Å²) in [7, 11) is 0. The molecule has 182 valence electrons. The number of ether oxygens (including phenoxy) is 1. The summed E-state index contributed by atoms with van der Waals surface area (Å²) >= 11 is 0. The lowest BCUT2D eigenvalue weighted by molar-refractivity contribution is -0.0595. The lowest BCUT2D eigenvalue weighted by Crippen LogP contribution is -2.48. The Morgan fingerprint density at radius 1 is 0.943 bits per heavy atom. The minimum Gasteiger partial charge on any atom is -0.378 e. The second-order valence-corrected chi connectivity index (χ2v) is 8.02. The van der Waals surface area contributed by atoms with Gasteiger partial charge in [-0.2, -0.15) is 0 Å². The van der Waals surface area contributed by atoms with Crippen LogP contribution in [-0.4, -0.2) is 53.5 Å². The van der Waals surface area contributed by atoms with Crippen molar-refractivity contribution in [1.82, 2.24) is 10.1 Å². The minimum atomic E-state index is -0.771. The Kier molecular flexibility index (Phi) is 7.35. The number of amides is 3. The molecule has 3 aromatic carbocycles. The summed E-state index contributed by atoms with van der Waals surface area (Å²) in [6, 6.07) is 16.2. The van der Waals surface area contributed by atoms with Crippen molar-refractivity contribution in [3.05, 3.63) is 89.5 Å². The van der Waals surface area contributed by atoms with Crippen molar-refractivity contribution in [2.75, 3.05) is 31.2 Å². The molecule has 0 aliphatic carbocycles. The summed E-state index contributed by atoms with van der Waals surface area (Å²) < 4.78 is 33.0. The van der Waals surface area contributed by atoms with E-state index in [0.717, 1.165) is 6.07 Å². The Morgan fingerprint density at radius 2 is 1.60 bits per heavy atom. The van der Waals surface area contributed by atoms with Crippen LogP contribution < -0.4 is 10.7 Å². The van der Waals surface area contributed by atoms with Crippen LogP contribution in [0.3, 0.4) is 0 Å². The molecule has 0 unspecified atom stereocenters. The molecule has 4 rings (SSSR count). The summed E-state index contributed by atoms with van der Waals surface area (Å²) in [5, 5.41) is 9.16. The molecule has 0 bridgehead atoms. The van der Waals surface area contributed by atoms with Crippen LogP contribution in [0.2, 0.25) is 0 Å². The van der Waals surface area contributed by atoms with Crippen LogP contribution in [0.1, 0.15) is 15.9 Å². The molecule has 3 amide bonds. The lowest BCUT2D eigenvalue weighted by atomic mass is 10.0. The van der Waals surface area contributed by atoms with Crippen molar-refractivity contribution in [3.8, 4) is 11.1 Å². The van der Waals surface area contributed by atoms with Gasteiger partial charge in [0, 0.05) is 30.4 Å². The fourth-order valence-corrected chi connectivity index (χ4v) is 3.84. The topological polar surface area (TPSA) is 99.3 Å². The molecular weight excluding hydrogens is 458 g/mol. The molecule has 3 N–H and O–H groups in total. The number of hydroxylamine groups is 1. The average molecular weight is 482 g/mol. The number of rotatable bonds is 5. The van der Waals surface area contributed by atoms with Crippen molar-refractivity contribution < 1.29 is 28.3 Å². The number of benzene rings is 3.